The van der Waals surface area contributed by atoms with E-state index in [1.54, 1.807) is 11.3 Å². The number of hydrogen-bond acceptors (Lipinski definition) is 4. The smallest absolute Gasteiger partial charge is 0.224 e. The van der Waals surface area contributed by atoms with Gasteiger partial charge in [0.2, 0.25) is 5.91 Å². The summed E-state index contributed by atoms with van der Waals surface area (Å²) >= 11 is 1.59. The van der Waals surface area contributed by atoms with Crippen molar-refractivity contribution < 1.29 is 4.79 Å². The zero-order chi connectivity index (χ0) is 11.4. The summed E-state index contributed by atoms with van der Waals surface area (Å²) in [5.74, 6) is 0.752. The minimum absolute atomic E-state index is 0.135. The average molecular weight is 239 g/mol. The van der Waals surface area contributed by atoms with Gasteiger partial charge in [-0.05, 0) is 12.5 Å². The lowest BCUT2D eigenvalue weighted by Crippen LogP contribution is -2.35. The maximum absolute atomic E-state index is 11.8. The molecule has 1 aromatic heterocycles. The number of nitrogens with zero attached hydrogens (tertiary/aromatic N) is 1. The van der Waals surface area contributed by atoms with E-state index in [9.17, 15) is 4.79 Å². The van der Waals surface area contributed by atoms with Crippen LogP contribution in [0, 0.1) is 11.8 Å². The monoisotopic (exact) mass is 239 g/mol. The Morgan fingerprint density at radius 3 is 3.19 bits per heavy atom. The van der Waals surface area contributed by atoms with Crippen LogP contribution in [0.1, 0.15) is 12.6 Å². The molecule has 1 saturated heterocycles. The third-order valence-electron chi connectivity index (χ3n) is 3.02. The Morgan fingerprint density at radius 2 is 2.56 bits per heavy atom. The predicted molar refractivity (Wildman–Crippen MR) is 64.4 cm³/mol. The molecule has 2 rings (SSSR count). The molecule has 0 radical (unpaired) electrons. The molecule has 2 heterocycles. The van der Waals surface area contributed by atoms with Gasteiger partial charge in [-0.1, -0.05) is 6.92 Å². The second-order valence-electron chi connectivity index (χ2n) is 4.26. The van der Waals surface area contributed by atoms with Gasteiger partial charge in [-0.2, -0.15) is 0 Å². The first-order chi connectivity index (χ1) is 7.77. The van der Waals surface area contributed by atoms with Crippen molar-refractivity contribution >= 4 is 17.2 Å². The van der Waals surface area contributed by atoms with Crippen molar-refractivity contribution in [3.05, 3.63) is 16.6 Å². The molecule has 0 spiro atoms. The van der Waals surface area contributed by atoms with Gasteiger partial charge in [-0.25, -0.2) is 4.98 Å². The van der Waals surface area contributed by atoms with E-state index in [1.165, 1.54) is 0 Å². The lowest BCUT2D eigenvalue weighted by atomic mass is 9.97. The standard InChI is InChI=1S/C11H17N3OS/c1-8-4-12-5-10(8)11(15)13-3-2-9-6-16-7-14-9/h6-8,10,12H,2-5H2,1H3,(H,13,15)/t8-,10-/m1/s1. The fraction of sp³-hybridized carbons (Fsp3) is 0.636. The third-order valence-corrected chi connectivity index (χ3v) is 3.65. The van der Waals surface area contributed by atoms with Crippen LogP contribution < -0.4 is 10.6 Å². The van der Waals surface area contributed by atoms with E-state index in [0.717, 1.165) is 25.2 Å². The third kappa shape index (κ3) is 2.80. The van der Waals surface area contributed by atoms with Gasteiger partial charge in [0.25, 0.3) is 0 Å². The zero-order valence-corrected chi connectivity index (χ0v) is 10.2. The molecule has 0 aliphatic carbocycles. The van der Waals surface area contributed by atoms with Gasteiger partial charge in [-0.15, -0.1) is 11.3 Å². The lowest BCUT2D eigenvalue weighted by Gasteiger charge is -2.13. The van der Waals surface area contributed by atoms with Crippen molar-refractivity contribution in [1.29, 1.82) is 0 Å². The van der Waals surface area contributed by atoms with E-state index in [2.05, 4.69) is 22.5 Å². The van der Waals surface area contributed by atoms with Crippen molar-refractivity contribution in [1.82, 2.24) is 15.6 Å². The van der Waals surface area contributed by atoms with E-state index < -0.39 is 0 Å². The van der Waals surface area contributed by atoms with E-state index in [-0.39, 0.29) is 11.8 Å². The summed E-state index contributed by atoms with van der Waals surface area (Å²) in [5.41, 5.74) is 2.88. The van der Waals surface area contributed by atoms with Crippen LogP contribution in [0.2, 0.25) is 0 Å². The summed E-state index contributed by atoms with van der Waals surface area (Å²) in [4.78, 5) is 16.0. The summed E-state index contributed by atoms with van der Waals surface area (Å²) in [6, 6.07) is 0. The molecular formula is C11H17N3OS. The van der Waals surface area contributed by atoms with Gasteiger partial charge in [0.15, 0.2) is 0 Å². The highest BCUT2D eigenvalue weighted by atomic mass is 32.1. The number of amides is 1. The van der Waals surface area contributed by atoms with Crippen molar-refractivity contribution in [3.63, 3.8) is 0 Å². The van der Waals surface area contributed by atoms with Crippen LogP contribution in [0.4, 0.5) is 0 Å². The van der Waals surface area contributed by atoms with Crippen LogP contribution in [0.3, 0.4) is 0 Å². The fourth-order valence-electron chi connectivity index (χ4n) is 1.97. The van der Waals surface area contributed by atoms with E-state index in [0.29, 0.717) is 12.5 Å². The summed E-state index contributed by atoms with van der Waals surface area (Å²) in [7, 11) is 0. The molecule has 0 unspecified atom stereocenters. The molecule has 1 fully saturated rings. The molecule has 0 bridgehead atoms. The maximum atomic E-state index is 11.8. The molecule has 0 saturated carbocycles. The van der Waals surface area contributed by atoms with Crippen molar-refractivity contribution in [2.24, 2.45) is 11.8 Å². The molecule has 1 amide bonds. The number of aromatic nitrogens is 1. The molecular weight excluding hydrogens is 222 g/mol. The molecule has 5 heteroatoms. The Morgan fingerprint density at radius 1 is 1.69 bits per heavy atom. The van der Waals surface area contributed by atoms with E-state index in [4.69, 9.17) is 0 Å². The number of thiazole rings is 1. The zero-order valence-electron chi connectivity index (χ0n) is 9.40. The first-order valence-electron chi connectivity index (χ1n) is 5.63. The van der Waals surface area contributed by atoms with Crippen molar-refractivity contribution in [2.75, 3.05) is 19.6 Å². The van der Waals surface area contributed by atoms with Gasteiger partial charge >= 0.3 is 0 Å². The quantitative estimate of drug-likeness (QED) is 0.811. The molecule has 2 atom stereocenters. The van der Waals surface area contributed by atoms with E-state index >= 15 is 0 Å². The minimum atomic E-state index is 0.135. The first kappa shape index (κ1) is 11.5. The van der Waals surface area contributed by atoms with Gasteiger partial charge in [0.1, 0.15) is 0 Å². The highest BCUT2D eigenvalue weighted by molar-refractivity contribution is 7.07. The number of hydrogen-bond donors (Lipinski definition) is 2. The largest absolute Gasteiger partial charge is 0.355 e. The van der Waals surface area contributed by atoms with Crippen LogP contribution in [-0.2, 0) is 11.2 Å². The number of rotatable bonds is 4. The molecule has 1 aliphatic heterocycles. The SMILES string of the molecule is C[C@@H]1CNC[C@H]1C(=O)NCCc1cscn1. The summed E-state index contributed by atoms with van der Waals surface area (Å²) in [6.45, 7) is 4.56. The summed E-state index contributed by atoms with van der Waals surface area (Å²) in [6.07, 6.45) is 0.823. The molecule has 0 aromatic carbocycles. The highest BCUT2D eigenvalue weighted by Crippen LogP contribution is 2.15. The Balaban J connectivity index is 1.71. The highest BCUT2D eigenvalue weighted by Gasteiger charge is 2.28. The normalized spacial score (nSPS) is 24.6. The number of nitrogens with one attached hydrogen (secondary N) is 2. The predicted octanol–water partition coefficient (Wildman–Crippen LogP) is 0.657. The minimum Gasteiger partial charge on any atom is -0.355 e. The summed E-state index contributed by atoms with van der Waals surface area (Å²) < 4.78 is 0. The van der Waals surface area contributed by atoms with E-state index in [1.807, 2.05) is 10.9 Å². The van der Waals surface area contributed by atoms with Crippen LogP contribution in [-0.4, -0.2) is 30.5 Å². The second-order valence-corrected chi connectivity index (χ2v) is 4.98. The van der Waals surface area contributed by atoms with Gasteiger partial charge in [-0.3, -0.25) is 4.79 Å². The summed E-state index contributed by atoms with van der Waals surface area (Å²) in [5, 5.41) is 8.23. The number of carbonyl (C=O) groups excluding carboxylic acids is 1. The second kappa shape index (κ2) is 5.41. The van der Waals surface area contributed by atoms with Crippen LogP contribution in [0.25, 0.3) is 0 Å². The van der Waals surface area contributed by atoms with Gasteiger partial charge in [0.05, 0.1) is 17.1 Å². The maximum Gasteiger partial charge on any atom is 0.224 e. The molecule has 2 N–H and O–H groups in total. The van der Waals surface area contributed by atoms with Crippen molar-refractivity contribution in [3.8, 4) is 0 Å². The van der Waals surface area contributed by atoms with Crippen molar-refractivity contribution in [2.45, 2.75) is 13.3 Å². The fourth-order valence-corrected chi connectivity index (χ4v) is 2.56. The molecule has 1 aromatic rings. The Bertz CT molecular complexity index is 339. The van der Waals surface area contributed by atoms with Gasteiger partial charge in [0, 0.05) is 24.9 Å². The first-order valence-corrected chi connectivity index (χ1v) is 6.57. The van der Waals surface area contributed by atoms with Crippen LogP contribution in [0.15, 0.2) is 10.9 Å². The van der Waals surface area contributed by atoms with Gasteiger partial charge < -0.3 is 10.6 Å². The van der Waals surface area contributed by atoms with Crippen LogP contribution >= 0.6 is 11.3 Å². The lowest BCUT2D eigenvalue weighted by molar-refractivity contribution is -0.125. The Hall–Kier alpha value is -0.940. The molecule has 16 heavy (non-hydrogen) atoms. The average Bonchev–Trinajstić information content (AvgIpc) is 2.88. The molecule has 88 valence electrons. The topological polar surface area (TPSA) is 54.0 Å². The molecule has 1 aliphatic rings. The Kier molecular flexibility index (Phi) is 3.90. The van der Waals surface area contributed by atoms with Crippen LogP contribution in [0.5, 0.6) is 0 Å². The number of carbonyl (C=O) groups is 1. The Labute approximate surface area is 99.5 Å². The molecule has 4 nitrogen and oxygen atoms in total.